The fourth-order valence-electron chi connectivity index (χ4n) is 2.44. The smallest absolute Gasteiger partial charge is 0.315 e. The van der Waals surface area contributed by atoms with Crippen LogP contribution >= 0.6 is 0 Å². The number of rotatable bonds is 5. The second kappa shape index (κ2) is 7.47. The maximum absolute atomic E-state index is 12.0. The minimum Gasteiger partial charge on any atom is -0.464 e. The molecule has 1 aromatic heterocycles. The first-order valence-electron chi connectivity index (χ1n) is 7.48. The Hall–Kier alpha value is -1.53. The average Bonchev–Trinajstić information content (AvgIpc) is 2.86. The van der Waals surface area contributed by atoms with Gasteiger partial charge in [-0.1, -0.05) is 0 Å². The number of aryl methyl sites for hydroxylation is 1. The lowest BCUT2D eigenvalue weighted by Gasteiger charge is -2.29. The van der Waals surface area contributed by atoms with Crippen LogP contribution in [0.5, 0.6) is 0 Å². The standard InChI is InChI=1S/C15H25N3O3/c1-11(10-18-6-8-20-9-7-18)16-15(19)17-13(3)14-5-4-12(2)21-14/h4-5,11,13H,6-10H2,1-3H3,(H2,16,17,19)/t11-,13-/m0/s1. The summed E-state index contributed by atoms with van der Waals surface area (Å²) in [6.07, 6.45) is 0. The van der Waals surface area contributed by atoms with Crippen LogP contribution in [0.4, 0.5) is 4.79 Å². The van der Waals surface area contributed by atoms with Crippen LogP contribution in [0.1, 0.15) is 31.4 Å². The summed E-state index contributed by atoms with van der Waals surface area (Å²) >= 11 is 0. The first-order chi connectivity index (χ1) is 10.0. The van der Waals surface area contributed by atoms with Crippen LogP contribution in [0.2, 0.25) is 0 Å². The van der Waals surface area contributed by atoms with Gasteiger partial charge in [0.2, 0.25) is 0 Å². The van der Waals surface area contributed by atoms with Crippen molar-refractivity contribution in [2.24, 2.45) is 0 Å². The van der Waals surface area contributed by atoms with Gasteiger partial charge in [0.15, 0.2) is 0 Å². The van der Waals surface area contributed by atoms with E-state index < -0.39 is 0 Å². The van der Waals surface area contributed by atoms with Crippen LogP contribution < -0.4 is 10.6 Å². The molecule has 21 heavy (non-hydrogen) atoms. The molecule has 2 heterocycles. The van der Waals surface area contributed by atoms with Crippen molar-refractivity contribution in [1.82, 2.24) is 15.5 Å². The predicted octanol–water partition coefficient (Wildman–Crippen LogP) is 1.67. The monoisotopic (exact) mass is 295 g/mol. The fourth-order valence-corrected chi connectivity index (χ4v) is 2.44. The van der Waals surface area contributed by atoms with Gasteiger partial charge in [0.1, 0.15) is 11.5 Å². The molecule has 1 fully saturated rings. The van der Waals surface area contributed by atoms with E-state index in [2.05, 4.69) is 15.5 Å². The summed E-state index contributed by atoms with van der Waals surface area (Å²) in [5.41, 5.74) is 0. The van der Waals surface area contributed by atoms with Gasteiger partial charge in [-0.15, -0.1) is 0 Å². The van der Waals surface area contributed by atoms with Crippen LogP contribution in [0.3, 0.4) is 0 Å². The Morgan fingerprint density at radius 1 is 1.29 bits per heavy atom. The van der Waals surface area contributed by atoms with Crippen LogP contribution in [0.15, 0.2) is 16.5 Å². The highest BCUT2D eigenvalue weighted by molar-refractivity contribution is 5.74. The topological polar surface area (TPSA) is 66.7 Å². The third-order valence-corrected chi connectivity index (χ3v) is 3.55. The van der Waals surface area contributed by atoms with E-state index in [4.69, 9.17) is 9.15 Å². The summed E-state index contributed by atoms with van der Waals surface area (Å²) < 4.78 is 10.8. The molecule has 0 saturated carbocycles. The fraction of sp³-hybridized carbons (Fsp3) is 0.667. The molecule has 1 aliphatic rings. The molecule has 1 aliphatic heterocycles. The number of carbonyl (C=O) groups excluding carboxylic acids is 1. The lowest BCUT2D eigenvalue weighted by atomic mass is 10.2. The molecule has 1 saturated heterocycles. The van der Waals surface area contributed by atoms with E-state index >= 15 is 0 Å². The van der Waals surface area contributed by atoms with Crippen LogP contribution in [-0.2, 0) is 4.74 Å². The van der Waals surface area contributed by atoms with E-state index in [1.54, 1.807) is 0 Å². The molecule has 1 aromatic rings. The molecule has 0 spiro atoms. The van der Waals surface area contributed by atoms with Crippen molar-refractivity contribution >= 4 is 6.03 Å². The Balaban J connectivity index is 1.72. The van der Waals surface area contributed by atoms with Crippen molar-refractivity contribution in [2.75, 3.05) is 32.8 Å². The summed E-state index contributed by atoms with van der Waals surface area (Å²) in [4.78, 5) is 14.3. The summed E-state index contributed by atoms with van der Waals surface area (Å²) in [5.74, 6) is 1.61. The lowest BCUT2D eigenvalue weighted by molar-refractivity contribution is 0.0349. The van der Waals surface area contributed by atoms with Gasteiger partial charge in [-0.25, -0.2) is 4.79 Å². The summed E-state index contributed by atoms with van der Waals surface area (Å²) in [7, 11) is 0. The Bertz CT molecular complexity index is 455. The molecule has 0 aliphatic carbocycles. The largest absolute Gasteiger partial charge is 0.464 e. The second-order valence-electron chi connectivity index (χ2n) is 5.60. The number of urea groups is 1. The maximum atomic E-state index is 12.0. The minimum absolute atomic E-state index is 0.0913. The highest BCUT2D eigenvalue weighted by atomic mass is 16.5. The first-order valence-corrected chi connectivity index (χ1v) is 7.48. The number of nitrogens with one attached hydrogen (secondary N) is 2. The van der Waals surface area contributed by atoms with Gasteiger partial charge in [0, 0.05) is 25.7 Å². The molecule has 0 unspecified atom stereocenters. The van der Waals surface area contributed by atoms with Gasteiger partial charge < -0.3 is 19.8 Å². The zero-order valence-corrected chi connectivity index (χ0v) is 13.0. The number of hydrogen-bond donors (Lipinski definition) is 2. The molecular formula is C15H25N3O3. The Morgan fingerprint density at radius 2 is 2.00 bits per heavy atom. The van der Waals surface area contributed by atoms with Crippen molar-refractivity contribution in [3.63, 3.8) is 0 Å². The average molecular weight is 295 g/mol. The molecule has 2 rings (SSSR count). The van der Waals surface area contributed by atoms with Crippen molar-refractivity contribution in [2.45, 2.75) is 32.9 Å². The quantitative estimate of drug-likeness (QED) is 0.867. The molecule has 2 amide bonds. The Morgan fingerprint density at radius 3 is 2.62 bits per heavy atom. The first kappa shape index (κ1) is 15.9. The lowest BCUT2D eigenvalue weighted by Crippen LogP contribution is -2.48. The van der Waals surface area contributed by atoms with E-state index in [1.165, 1.54) is 0 Å². The summed E-state index contributed by atoms with van der Waals surface area (Å²) in [5, 5.41) is 5.85. The van der Waals surface area contributed by atoms with Crippen molar-refractivity contribution < 1.29 is 13.9 Å². The van der Waals surface area contributed by atoms with Crippen molar-refractivity contribution in [1.29, 1.82) is 0 Å². The van der Waals surface area contributed by atoms with E-state index in [0.717, 1.165) is 44.4 Å². The maximum Gasteiger partial charge on any atom is 0.315 e. The van der Waals surface area contributed by atoms with Crippen molar-refractivity contribution in [3.05, 3.63) is 23.7 Å². The Kier molecular flexibility index (Phi) is 5.64. The van der Waals surface area contributed by atoms with Gasteiger partial charge in [-0.2, -0.15) is 0 Å². The number of morpholine rings is 1. The summed E-state index contributed by atoms with van der Waals surface area (Å²) in [6.45, 7) is 10.0. The van der Waals surface area contributed by atoms with Gasteiger partial charge in [0.25, 0.3) is 0 Å². The van der Waals surface area contributed by atoms with E-state index in [0.29, 0.717) is 0 Å². The predicted molar refractivity (Wildman–Crippen MR) is 80.2 cm³/mol. The molecule has 2 atom stereocenters. The number of ether oxygens (including phenoxy) is 1. The molecule has 118 valence electrons. The Labute approximate surface area is 125 Å². The van der Waals surface area contributed by atoms with Crippen LogP contribution in [0, 0.1) is 6.92 Å². The number of carbonyl (C=O) groups is 1. The normalized spacial score (nSPS) is 19.0. The highest BCUT2D eigenvalue weighted by Gasteiger charge is 2.17. The second-order valence-corrected chi connectivity index (χ2v) is 5.60. The molecule has 6 heteroatoms. The zero-order chi connectivity index (χ0) is 15.2. The SMILES string of the molecule is Cc1ccc([C@H](C)NC(=O)N[C@@H](C)CN2CCOCC2)o1. The van der Waals surface area contributed by atoms with E-state index in [1.807, 2.05) is 32.9 Å². The van der Waals surface area contributed by atoms with Gasteiger partial charge in [-0.05, 0) is 32.9 Å². The molecule has 0 bridgehead atoms. The van der Waals surface area contributed by atoms with Gasteiger partial charge in [-0.3, -0.25) is 4.90 Å². The molecule has 6 nitrogen and oxygen atoms in total. The summed E-state index contributed by atoms with van der Waals surface area (Å²) in [6, 6.07) is 3.56. The van der Waals surface area contributed by atoms with Crippen LogP contribution in [0.25, 0.3) is 0 Å². The zero-order valence-electron chi connectivity index (χ0n) is 13.0. The van der Waals surface area contributed by atoms with E-state index in [-0.39, 0.29) is 18.1 Å². The van der Waals surface area contributed by atoms with Gasteiger partial charge >= 0.3 is 6.03 Å². The third kappa shape index (κ3) is 5.06. The van der Waals surface area contributed by atoms with E-state index in [9.17, 15) is 4.79 Å². The van der Waals surface area contributed by atoms with Crippen LogP contribution in [-0.4, -0.2) is 49.8 Å². The number of hydrogen-bond acceptors (Lipinski definition) is 4. The van der Waals surface area contributed by atoms with Gasteiger partial charge in [0.05, 0.1) is 19.3 Å². The highest BCUT2D eigenvalue weighted by Crippen LogP contribution is 2.15. The minimum atomic E-state index is -0.169. The number of amides is 2. The molecule has 2 N–H and O–H groups in total. The van der Waals surface area contributed by atoms with Crippen molar-refractivity contribution in [3.8, 4) is 0 Å². The third-order valence-electron chi connectivity index (χ3n) is 3.55. The molecular weight excluding hydrogens is 270 g/mol. The molecule has 0 aromatic carbocycles. The molecule has 0 radical (unpaired) electrons. The number of nitrogens with zero attached hydrogens (tertiary/aromatic N) is 1. The number of furan rings is 1.